The van der Waals surface area contributed by atoms with E-state index in [2.05, 4.69) is 31.4 Å². The molecular formula is C43H44N6O9S. The number of aromatic nitrogens is 3. The summed E-state index contributed by atoms with van der Waals surface area (Å²) in [5.41, 5.74) is 3.37. The highest BCUT2D eigenvalue weighted by Gasteiger charge is 2.18. The van der Waals surface area contributed by atoms with E-state index in [4.69, 9.17) is 18.3 Å². The van der Waals surface area contributed by atoms with Gasteiger partial charge in [-0.2, -0.15) is 0 Å². The molecule has 0 bridgehead atoms. The van der Waals surface area contributed by atoms with Crippen LogP contribution < -0.4 is 20.7 Å². The van der Waals surface area contributed by atoms with Gasteiger partial charge in [-0.15, -0.1) is 11.3 Å². The molecule has 0 atom stereocenters. The Balaban J connectivity index is 0.000000172. The molecular weight excluding hydrogens is 777 g/mol. The van der Waals surface area contributed by atoms with Crippen molar-refractivity contribution in [2.45, 2.75) is 40.7 Å². The number of phenols is 2. The summed E-state index contributed by atoms with van der Waals surface area (Å²) >= 11 is 1.55. The van der Waals surface area contributed by atoms with Crippen molar-refractivity contribution in [2.24, 2.45) is 5.92 Å². The number of benzene rings is 3. The standard InChI is InChI=1S/C18H16N2O4.C13H14N2O3.C12H14N2O2S/c1-11-7-8-15(21)13(9-11)19-18(22)14-10-17(24-20-14)12-5-3-4-6-16(12)23-2;1-8(2)14-13(17)11-7-12(18-15-11)9-3-5-10(16)6-4-9;1-8(2)7-13-12(15)9-6-10(16-14-9)11-4-3-5-17-11/h3-10,21H,1-2H3,(H,19,22);3-8,16H,1-2H3,(H,14,17);3-6,8H,7H2,1-2H3,(H,13,15). The summed E-state index contributed by atoms with van der Waals surface area (Å²) in [7, 11) is 1.56. The first-order valence-corrected chi connectivity index (χ1v) is 19.3. The average molecular weight is 821 g/mol. The van der Waals surface area contributed by atoms with Gasteiger partial charge in [-0.25, -0.2) is 0 Å². The monoisotopic (exact) mass is 820 g/mol. The fourth-order valence-corrected chi connectivity index (χ4v) is 5.75. The van der Waals surface area contributed by atoms with E-state index in [1.807, 2.05) is 70.3 Å². The Bertz CT molecular complexity index is 2450. The number of methoxy groups -OCH3 is 1. The number of rotatable bonds is 11. The summed E-state index contributed by atoms with van der Waals surface area (Å²) in [6.45, 7) is 10.3. The third-order valence-corrected chi connectivity index (χ3v) is 8.89. The maximum atomic E-state index is 12.3. The zero-order valence-corrected chi connectivity index (χ0v) is 34.0. The zero-order valence-electron chi connectivity index (χ0n) is 33.2. The van der Waals surface area contributed by atoms with Gasteiger partial charge in [0.15, 0.2) is 34.4 Å². The Morgan fingerprint density at radius 2 is 1.36 bits per heavy atom. The van der Waals surface area contributed by atoms with Crippen molar-refractivity contribution >= 4 is 34.7 Å². The molecule has 5 N–H and O–H groups in total. The molecule has 4 aromatic heterocycles. The molecule has 0 aliphatic carbocycles. The fourth-order valence-electron chi connectivity index (χ4n) is 5.08. The van der Waals surface area contributed by atoms with E-state index in [1.165, 1.54) is 12.1 Å². The number of phenolic OH excluding ortho intramolecular Hbond substituents is 2. The van der Waals surface area contributed by atoms with Gasteiger partial charge in [0.1, 0.15) is 17.2 Å². The van der Waals surface area contributed by atoms with Crippen LogP contribution in [0.1, 0.15) is 64.7 Å². The Labute approximate surface area is 344 Å². The molecule has 0 spiro atoms. The molecule has 0 aliphatic heterocycles. The lowest BCUT2D eigenvalue weighted by Gasteiger charge is -2.06. The second-order valence-corrected chi connectivity index (χ2v) is 14.6. The minimum Gasteiger partial charge on any atom is -0.508 e. The second-order valence-electron chi connectivity index (χ2n) is 13.7. The predicted molar refractivity (Wildman–Crippen MR) is 222 cm³/mol. The fraction of sp³-hybridized carbons (Fsp3) is 0.209. The molecule has 0 unspecified atom stereocenters. The third kappa shape index (κ3) is 12.1. The van der Waals surface area contributed by atoms with E-state index in [-0.39, 0.29) is 40.7 Å². The molecule has 0 fully saturated rings. The van der Waals surface area contributed by atoms with Crippen molar-refractivity contribution in [3.63, 3.8) is 0 Å². The number of ether oxygens (including phenoxy) is 1. The number of aromatic hydroxyl groups is 2. The van der Waals surface area contributed by atoms with Crippen LogP contribution in [0.25, 0.3) is 33.3 Å². The maximum absolute atomic E-state index is 12.3. The molecule has 3 aromatic carbocycles. The van der Waals surface area contributed by atoms with E-state index < -0.39 is 5.91 Å². The van der Waals surface area contributed by atoms with Gasteiger partial charge in [0.2, 0.25) is 0 Å². The molecule has 3 amide bonds. The number of aryl methyl sites for hydroxylation is 1. The van der Waals surface area contributed by atoms with Gasteiger partial charge in [-0.3, -0.25) is 14.4 Å². The van der Waals surface area contributed by atoms with Crippen molar-refractivity contribution in [1.29, 1.82) is 0 Å². The summed E-state index contributed by atoms with van der Waals surface area (Å²) in [4.78, 5) is 36.7. The number of hydrogen-bond acceptors (Lipinski definition) is 13. The van der Waals surface area contributed by atoms with E-state index >= 15 is 0 Å². The first-order chi connectivity index (χ1) is 28.3. The van der Waals surface area contributed by atoms with E-state index in [0.29, 0.717) is 52.4 Å². The second kappa shape index (κ2) is 20.3. The summed E-state index contributed by atoms with van der Waals surface area (Å²) < 4.78 is 20.8. The first-order valence-electron chi connectivity index (χ1n) is 18.4. The molecule has 15 nitrogen and oxygen atoms in total. The molecule has 306 valence electrons. The lowest BCUT2D eigenvalue weighted by molar-refractivity contribution is 0.0928. The highest BCUT2D eigenvalue weighted by Crippen LogP contribution is 2.31. The molecule has 59 heavy (non-hydrogen) atoms. The number of hydrogen-bond donors (Lipinski definition) is 5. The molecule has 0 aliphatic rings. The van der Waals surface area contributed by atoms with Crippen molar-refractivity contribution in [3.8, 4) is 50.5 Å². The van der Waals surface area contributed by atoms with Gasteiger partial charge in [0.25, 0.3) is 17.7 Å². The average Bonchev–Trinajstić information content (AvgIpc) is 4.07. The number of carbonyl (C=O) groups is 3. The Morgan fingerprint density at radius 1 is 0.729 bits per heavy atom. The zero-order chi connectivity index (χ0) is 42.5. The largest absolute Gasteiger partial charge is 0.508 e. The molecule has 7 rings (SSSR count). The van der Waals surface area contributed by atoms with E-state index in [0.717, 1.165) is 16.0 Å². The number of nitrogens with zero attached hydrogens (tertiary/aromatic N) is 3. The van der Waals surface area contributed by atoms with Gasteiger partial charge >= 0.3 is 0 Å². The van der Waals surface area contributed by atoms with E-state index in [1.54, 1.807) is 73.0 Å². The SMILES string of the molecule is CC(C)CNC(=O)c1cc(-c2cccs2)on1.CC(C)NC(=O)c1cc(-c2ccc(O)cc2)on1.COc1ccccc1-c1cc(C(=O)Nc2cc(C)ccc2O)no1. The Morgan fingerprint density at radius 3 is 2.02 bits per heavy atom. The third-order valence-electron chi connectivity index (χ3n) is 8.01. The van der Waals surface area contributed by atoms with Gasteiger partial charge < -0.3 is 44.5 Å². The Hall–Kier alpha value is -7.20. The van der Waals surface area contributed by atoms with Crippen LogP contribution >= 0.6 is 11.3 Å². The van der Waals surface area contributed by atoms with Crippen LogP contribution in [0.5, 0.6) is 17.2 Å². The van der Waals surface area contributed by atoms with Crippen molar-refractivity contribution in [2.75, 3.05) is 19.0 Å². The predicted octanol–water partition coefficient (Wildman–Crippen LogP) is 8.59. The normalized spacial score (nSPS) is 10.6. The quantitative estimate of drug-likeness (QED) is 0.0776. The van der Waals surface area contributed by atoms with Gasteiger partial charge in [0.05, 0.1) is 23.2 Å². The minimum atomic E-state index is -0.471. The maximum Gasteiger partial charge on any atom is 0.277 e. The number of para-hydroxylation sites is 1. The molecule has 7 aromatic rings. The molecule has 0 radical (unpaired) electrons. The minimum absolute atomic E-state index is 0.0117. The Kier molecular flexibility index (Phi) is 14.8. The summed E-state index contributed by atoms with van der Waals surface area (Å²) in [6.07, 6.45) is 0. The lowest BCUT2D eigenvalue weighted by Crippen LogP contribution is -2.30. The van der Waals surface area contributed by atoms with Crippen molar-refractivity contribution in [1.82, 2.24) is 26.1 Å². The first kappa shape index (κ1) is 42.9. The molecule has 0 saturated carbocycles. The molecule has 0 saturated heterocycles. The number of anilines is 1. The number of amides is 3. The highest BCUT2D eigenvalue weighted by atomic mass is 32.1. The van der Waals surface area contributed by atoms with Crippen LogP contribution in [0, 0.1) is 12.8 Å². The van der Waals surface area contributed by atoms with Crippen LogP contribution in [-0.2, 0) is 0 Å². The number of thiophene rings is 1. The smallest absolute Gasteiger partial charge is 0.277 e. The number of carbonyl (C=O) groups excluding carboxylic acids is 3. The van der Waals surface area contributed by atoms with Crippen LogP contribution in [0.2, 0.25) is 0 Å². The summed E-state index contributed by atoms with van der Waals surface area (Å²) in [6, 6.07) is 27.4. The molecule has 4 heterocycles. The van der Waals surface area contributed by atoms with Crippen LogP contribution in [0.3, 0.4) is 0 Å². The van der Waals surface area contributed by atoms with Gasteiger partial charge in [-0.1, -0.05) is 53.6 Å². The summed E-state index contributed by atoms with van der Waals surface area (Å²) in [5.74, 6) is 1.83. The highest BCUT2D eigenvalue weighted by molar-refractivity contribution is 7.13. The topological polar surface area (TPSA) is 215 Å². The number of nitrogens with one attached hydrogen (secondary N) is 3. The van der Waals surface area contributed by atoms with Crippen molar-refractivity contribution in [3.05, 3.63) is 125 Å². The van der Waals surface area contributed by atoms with Crippen LogP contribution in [0.4, 0.5) is 5.69 Å². The van der Waals surface area contributed by atoms with Gasteiger partial charge in [0, 0.05) is 36.3 Å². The van der Waals surface area contributed by atoms with E-state index in [9.17, 15) is 24.6 Å². The van der Waals surface area contributed by atoms with Crippen LogP contribution in [0.15, 0.2) is 116 Å². The van der Waals surface area contributed by atoms with Gasteiger partial charge in [-0.05, 0) is 92.2 Å². The molecule has 16 heteroatoms. The van der Waals surface area contributed by atoms with Crippen molar-refractivity contribution < 1.29 is 42.9 Å². The summed E-state index contributed by atoms with van der Waals surface area (Å²) in [5, 5.41) is 40.4. The lowest BCUT2D eigenvalue weighted by atomic mass is 10.1. The van der Waals surface area contributed by atoms with Crippen LogP contribution in [-0.4, -0.2) is 63.1 Å².